The highest BCUT2D eigenvalue weighted by Gasteiger charge is 2.16. The van der Waals surface area contributed by atoms with E-state index >= 15 is 0 Å². The van der Waals surface area contributed by atoms with Crippen molar-refractivity contribution >= 4 is 49.7 Å². The van der Waals surface area contributed by atoms with Crippen molar-refractivity contribution in [1.82, 2.24) is 9.55 Å². The molecular weight excluding hydrogens is 447 g/mol. The van der Waals surface area contributed by atoms with Crippen LogP contribution in [0, 0.1) is 0 Å². The van der Waals surface area contributed by atoms with Crippen LogP contribution in [0.2, 0.25) is 0 Å². The molecule has 0 aliphatic carbocycles. The van der Waals surface area contributed by atoms with Gasteiger partial charge in [0.2, 0.25) is 0 Å². The maximum atomic E-state index is 14.9. The summed E-state index contributed by atoms with van der Waals surface area (Å²) in [5.74, 6) is -1.32. The average molecular weight is 465 g/mol. The van der Waals surface area contributed by atoms with Gasteiger partial charge in [-0.05, 0) is 81.8 Å². The summed E-state index contributed by atoms with van der Waals surface area (Å²) in [7, 11) is 0. The highest BCUT2D eigenvalue weighted by Crippen LogP contribution is 2.29. The lowest BCUT2D eigenvalue weighted by molar-refractivity contribution is -0.114. The molecule has 4 aromatic rings. The summed E-state index contributed by atoms with van der Waals surface area (Å²) in [6, 6.07) is 16.4. The molecule has 0 radical (unpaired) electrons. The number of hydrogen-bond acceptors (Lipinski definition) is 3. The summed E-state index contributed by atoms with van der Waals surface area (Å²) < 4.78 is 17.5. The van der Waals surface area contributed by atoms with Gasteiger partial charge in [0.15, 0.2) is 5.83 Å². The van der Waals surface area contributed by atoms with Crippen molar-refractivity contribution < 1.29 is 9.18 Å². The van der Waals surface area contributed by atoms with Crippen molar-refractivity contribution in [2.75, 3.05) is 11.1 Å². The molecule has 0 spiro atoms. The highest BCUT2D eigenvalue weighted by molar-refractivity contribution is 9.10. The molecule has 0 bridgehead atoms. The van der Waals surface area contributed by atoms with Crippen LogP contribution in [0.25, 0.3) is 22.0 Å². The highest BCUT2D eigenvalue weighted by atomic mass is 79.9. The molecule has 7 heteroatoms. The van der Waals surface area contributed by atoms with Crippen molar-refractivity contribution in [3.8, 4) is 5.69 Å². The van der Waals surface area contributed by atoms with Crippen LogP contribution in [0.4, 0.5) is 15.9 Å². The van der Waals surface area contributed by atoms with E-state index < -0.39 is 11.7 Å². The maximum Gasteiger partial charge on any atom is 0.284 e. The molecule has 1 amide bonds. The fourth-order valence-corrected chi connectivity index (χ4v) is 3.64. The summed E-state index contributed by atoms with van der Waals surface area (Å²) in [5, 5.41) is 4.23. The predicted octanol–water partition coefficient (Wildman–Crippen LogP) is 5.71. The fraction of sp³-hybridized carbons (Fsp3) is 0.0435. The van der Waals surface area contributed by atoms with Crippen molar-refractivity contribution in [2.45, 2.75) is 6.92 Å². The second kappa shape index (κ2) is 8.12. The van der Waals surface area contributed by atoms with Crippen molar-refractivity contribution in [3.63, 3.8) is 0 Å². The number of hydrogen-bond donors (Lipinski definition) is 2. The fourth-order valence-electron chi connectivity index (χ4n) is 3.17. The summed E-state index contributed by atoms with van der Waals surface area (Å²) in [5.41, 5.74) is 8.10. The third kappa shape index (κ3) is 3.84. The minimum Gasteiger partial charge on any atom is -0.383 e. The van der Waals surface area contributed by atoms with Crippen molar-refractivity contribution in [1.29, 1.82) is 0 Å². The topological polar surface area (TPSA) is 72.9 Å². The van der Waals surface area contributed by atoms with E-state index in [0.717, 1.165) is 11.1 Å². The standard InChI is InChI=1S/C23H18BrFN4O/c1-14(16-5-4-15-8-9-27-22(26)18(15)12-16)21(25)23(30)28-20-7-6-17(13-19(20)24)29-10-2-3-11-29/h2-13H,1H3,(H2,26,27)(H,28,30)/b21-14-. The Balaban J connectivity index is 1.60. The van der Waals surface area contributed by atoms with E-state index in [2.05, 4.69) is 26.2 Å². The number of carbonyl (C=O) groups excluding carboxylic acids is 1. The van der Waals surface area contributed by atoms with Crippen LogP contribution in [-0.4, -0.2) is 15.5 Å². The first-order valence-corrected chi connectivity index (χ1v) is 9.98. The largest absolute Gasteiger partial charge is 0.383 e. The average Bonchev–Trinajstić information content (AvgIpc) is 3.29. The first-order valence-electron chi connectivity index (χ1n) is 9.19. The molecule has 150 valence electrons. The quantitative estimate of drug-likeness (QED) is 0.380. The lowest BCUT2D eigenvalue weighted by Gasteiger charge is -2.11. The Morgan fingerprint density at radius 2 is 1.90 bits per heavy atom. The van der Waals surface area contributed by atoms with Gasteiger partial charge < -0.3 is 15.6 Å². The molecule has 0 atom stereocenters. The molecule has 2 aromatic heterocycles. The number of nitrogens with zero attached hydrogens (tertiary/aromatic N) is 2. The number of aromatic nitrogens is 2. The summed E-state index contributed by atoms with van der Waals surface area (Å²) >= 11 is 3.44. The van der Waals surface area contributed by atoms with Crippen LogP contribution >= 0.6 is 15.9 Å². The molecule has 0 fully saturated rings. The first kappa shape index (κ1) is 19.8. The molecule has 0 saturated heterocycles. The molecule has 3 N–H and O–H groups in total. The molecule has 0 aliphatic rings. The number of benzene rings is 2. The Hall–Kier alpha value is -3.45. The van der Waals surface area contributed by atoms with Gasteiger partial charge in [0.25, 0.3) is 5.91 Å². The van der Waals surface area contributed by atoms with Gasteiger partial charge in [-0.15, -0.1) is 0 Å². The smallest absolute Gasteiger partial charge is 0.284 e. The first-order chi connectivity index (χ1) is 14.4. The molecule has 0 unspecified atom stereocenters. The van der Waals surface area contributed by atoms with Crippen molar-refractivity contribution in [2.24, 2.45) is 0 Å². The molecular formula is C23H18BrFN4O. The van der Waals surface area contributed by atoms with Crippen LogP contribution in [0.1, 0.15) is 12.5 Å². The number of carbonyl (C=O) groups is 1. The normalized spacial score (nSPS) is 12.0. The zero-order valence-electron chi connectivity index (χ0n) is 16.1. The summed E-state index contributed by atoms with van der Waals surface area (Å²) in [6.45, 7) is 1.56. The van der Waals surface area contributed by atoms with E-state index in [9.17, 15) is 9.18 Å². The number of halogens is 2. The summed E-state index contributed by atoms with van der Waals surface area (Å²) in [6.07, 6.45) is 5.45. The second-order valence-electron chi connectivity index (χ2n) is 6.78. The number of amides is 1. The number of allylic oxidation sites excluding steroid dienone is 1. The zero-order valence-corrected chi connectivity index (χ0v) is 17.7. The Morgan fingerprint density at radius 1 is 1.13 bits per heavy atom. The van der Waals surface area contributed by atoms with Gasteiger partial charge in [0.1, 0.15) is 5.82 Å². The van der Waals surface area contributed by atoms with E-state index in [1.165, 1.54) is 0 Å². The lowest BCUT2D eigenvalue weighted by Crippen LogP contribution is -2.13. The van der Waals surface area contributed by atoms with Crippen LogP contribution in [-0.2, 0) is 4.79 Å². The maximum absolute atomic E-state index is 14.9. The molecule has 4 rings (SSSR count). The number of rotatable bonds is 4. The van der Waals surface area contributed by atoms with Crippen LogP contribution in [0.3, 0.4) is 0 Å². The Kier molecular flexibility index (Phi) is 5.37. The Morgan fingerprint density at radius 3 is 2.63 bits per heavy atom. The molecule has 30 heavy (non-hydrogen) atoms. The van der Waals surface area contributed by atoms with E-state index in [-0.39, 0.29) is 5.57 Å². The van der Waals surface area contributed by atoms with E-state index in [1.54, 1.807) is 31.3 Å². The monoisotopic (exact) mass is 464 g/mol. The van der Waals surface area contributed by atoms with Crippen LogP contribution in [0.15, 0.2) is 83.5 Å². The van der Waals surface area contributed by atoms with Gasteiger partial charge in [-0.2, -0.15) is 0 Å². The van der Waals surface area contributed by atoms with E-state index in [4.69, 9.17) is 5.73 Å². The Bertz CT molecular complexity index is 1280. The van der Waals surface area contributed by atoms with Crippen LogP contribution in [0.5, 0.6) is 0 Å². The zero-order chi connectivity index (χ0) is 21.3. The molecule has 5 nitrogen and oxygen atoms in total. The molecule has 0 saturated carbocycles. The van der Waals surface area contributed by atoms with Gasteiger partial charge in [-0.3, -0.25) is 4.79 Å². The van der Waals surface area contributed by atoms with Gasteiger partial charge in [0, 0.05) is 34.1 Å². The van der Waals surface area contributed by atoms with E-state index in [1.807, 2.05) is 53.4 Å². The number of nitrogens with two attached hydrogens (primary N) is 1. The lowest BCUT2D eigenvalue weighted by atomic mass is 10.0. The molecule has 2 aromatic carbocycles. The third-order valence-electron chi connectivity index (χ3n) is 4.86. The predicted molar refractivity (Wildman–Crippen MR) is 122 cm³/mol. The number of nitrogens with one attached hydrogen (secondary N) is 1. The van der Waals surface area contributed by atoms with Gasteiger partial charge in [0.05, 0.1) is 5.69 Å². The second-order valence-corrected chi connectivity index (χ2v) is 7.63. The van der Waals surface area contributed by atoms with Gasteiger partial charge in [-0.25, -0.2) is 9.37 Å². The minimum absolute atomic E-state index is 0.220. The molecule has 2 heterocycles. The number of pyridine rings is 1. The van der Waals surface area contributed by atoms with E-state index in [0.29, 0.717) is 26.9 Å². The third-order valence-corrected chi connectivity index (χ3v) is 5.52. The number of nitrogen functional groups attached to an aromatic ring is 1. The molecule has 0 aliphatic heterocycles. The van der Waals surface area contributed by atoms with Crippen molar-refractivity contribution in [3.05, 3.63) is 89.1 Å². The number of anilines is 2. The minimum atomic E-state index is -0.863. The summed E-state index contributed by atoms with van der Waals surface area (Å²) in [4.78, 5) is 16.6. The van der Waals surface area contributed by atoms with Gasteiger partial charge >= 0.3 is 0 Å². The Labute approximate surface area is 181 Å². The number of fused-ring (bicyclic) bond motifs is 1. The van der Waals surface area contributed by atoms with Crippen LogP contribution < -0.4 is 11.1 Å². The SMILES string of the molecule is C/C(=C(/F)C(=O)Nc1ccc(-n2cccc2)cc1Br)c1ccc2ccnc(N)c2c1. The van der Waals surface area contributed by atoms with Gasteiger partial charge in [-0.1, -0.05) is 12.1 Å².